The Hall–Kier alpha value is 0.586. The second-order valence-corrected chi connectivity index (χ2v) is 2.63. The van der Waals surface area contributed by atoms with Crippen molar-refractivity contribution in [1.82, 2.24) is 9.97 Å². The van der Waals surface area contributed by atoms with Gasteiger partial charge in [-0.15, -0.1) is 0 Å². The van der Waals surface area contributed by atoms with Crippen LogP contribution in [0.3, 0.4) is 0 Å². The minimum atomic E-state index is 0. The van der Waals surface area contributed by atoms with Gasteiger partial charge in [0.2, 0.25) is 0 Å². The summed E-state index contributed by atoms with van der Waals surface area (Å²) in [5.74, 6) is 0.789. The van der Waals surface area contributed by atoms with E-state index in [4.69, 9.17) is 0 Å². The second-order valence-electron chi connectivity index (χ2n) is 2.63. The first-order valence-corrected chi connectivity index (χ1v) is 4.56. The van der Waals surface area contributed by atoms with Gasteiger partial charge in [-0.2, -0.15) is 0 Å². The van der Waals surface area contributed by atoms with E-state index in [1.807, 2.05) is 13.8 Å². The molecule has 0 N–H and O–H groups in total. The smallest absolute Gasteiger partial charge is 0.355 e. The van der Waals surface area contributed by atoms with Crippen LogP contribution in [-0.2, 0) is 0 Å². The van der Waals surface area contributed by atoms with E-state index in [-0.39, 0.29) is 51.4 Å². The van der Waals surface area contributed by atoms with Crippen molar-refractivity contribution in [1.29, 1.82) is 0 Å². The van der Waals surface area contributed by atoms with Gasteiger partial charge in [0.25, 0.3) is 0 Å². The number of aromatic nitrogens is 2. The Labute approximate surface area is 123 Å². The van der Waals surface area contributed by atoms with Crippen LogP contribution in [0.2, 0.25) is 0 Å². The van der Waals surface area contributed by atoms with Gasteiger partial charge in [-0.05, 0) is 0 Å². The number of nitrogens with zero attached hydrogens (tertiary/aromatic N) is 2. The monoisotopic (exact) mass is 202 g/mol. The Kier molecular flexibility index (Phi) is 8.30. The van der Waals surface area contributed by atoms with Crippen molar-refractivity contribution in [3.8, 4) is 0 Å². The zero-order valence-corrected chi connectivity index (χ0v) is 11.8. The van der Waals surface area contributed by atoms with Crippen LogP contribution in [0, 0.1) is 12.3 Å². The maximum absolute atomic E-state index is 4.14. The molecule has 3 heteroatoms. The first-order valence-electron chi connectivity index (χ1n) is 4.56. The molecule has 2 nitrogen and oxygen atoms in total. The average Bonchev–Trinajstić information content (AvgIpc) is 2.94. The summed E-state index contributed by atoms with van der Waals surface area (Å²) < 4.78 is 0. The van der Waals surface area contributed by atoms with E-state index in [9.17, 15) is 0 Å². The number of hydrogen-bond acceptors (Lipinski definition) is 2. The van der Waals surface area contributed by atoms with Crippen molar-refractivity contribution in [3.63, 3.8) is 0 Å². The van der Waals surface area contributed by atoms with E-state index in [2.05, 4.69) is 16.4 Å². The summed E-state index contributed by atoms with van der Waals surface area (Å²) in [7, 11) is 0. The fraction of sp³-hybridized carbons (Fsp3) is 0.500. The van der Waals surface area contributed by atoms with Gasteiger partial charge in [0.1, 0.15) is 0 Å². The van der Waals surface area contributed by atoms with Gasteiger partial charge in [0, 0.05) is 12.4 Å². The van der Waals surface area contributed by atoms with Gasteiger partial charge >= 0.3 is 51.4 Å². The maximum Gasteiger partial charge on any atom is 1.00 e. The molecule has 66 valence electrons. The Bertz CT molecular complexity index is 209. The molecule has 1 aliphatic rings. The molecule has 1 fully saturated rings. The molecule has 1 saturated carbocycles. The molecular formula is C10H15KN2. The van der Waals surface area contributed by atoms with Crippen LogP contribution in [0.25, 0.3) is 0 Å². The zero-order valence-electron chi connectivity index (χ0n) is 8.70. The molecule has 0 amide bonds. The van der Waals surface area contributed by atoms with Crippen LogP contribution in [-0.4, -0.2) is 9.97 Å². The molecule has 0 aromatic carbocycles. The standard InChI is InChI=1S/C8H9N2.C2H6.K/c1-2-7(1)5-8-6-9-3-4-10-8;1-2;/h3-7H,1-2H2;1-2H3;/q-1;;+1. The summed E-state index contributed by atoms with van der Waals surface area (Å²) in [5.41, 5.74) is 1.02. The quantitative estimate of drug-likeness (QED) is 0.476. The summed E-state index contributed by atoms with van der Waals surface area (Å²) in [6.45, 7) is 4.00. The molecule has 1 aromatic heterocycles. The van der Waals surface area contributed by atoms with E-state index in [1.54, 1.807) is 18.6 Å². The number of rotatable bonds is 2. The minimum absolute atomic E-state index is 0. The summed E-state index contributed by atoms with van der Waals surface area (Å²) in [6, 6.07) is 0. The minimum Gasteiger partial charge on any atom is -0.355 e. The van der Waals surface area contributed by atoms with Crippen molar-refractivity contribution in [2.75, 3.05) is 0 Å². The van der Waals surface area contributed by atoms with Crippen LogP contribution in [0.4, 0.5) is 0 Å². The first-order chi connectivity index (χ1) is 5.95. The predicted octanol–water partition coefficient (Wildman–Crippen LogP) is -0.531. The average molecular weight is 202 g/mol. The van der Waals surface area contributed by atoms with Crippen LogP contribution >= 0.6 is 0 Å². The molecule has 0 atom stereocenters. The largest absolute Gasteiger partial charge is 1.00 e. The van der Waals surface area contributed by atoms with Crippen molar-refractivity contribution < 1.29 is 51.4 Å². The summed E-state index contributed by atoms with van der Waals surface area (Å²) in [4.78, 5) is 8.11. The van der Waals surface area contributed by atoms with Gasteiger partial charge in [-0.3, -0.25) is 4.98 Å². The van der Waals surface area contributed by atoms with Gasteiger partial charge in [0.15, 0.2) is 0 Å². The number of hydrogen-bond donors (Lipinski definition) is 0. The third-order valence-electron chi connectivity index (χ3n) is 1.61. The Balaban J connectivity index is 0.000000451. The third-order valence-corrected chi connectivity index (χ3v) is 1.61. The summed E-state index contributed by atoms with van der Waals surface area (Å²) in [6.07, 6.45) is 10.1. The molecule has 1 aliphatic carbocycles. The molecule has 0 radical (unpaired) electrons. The van der Waals surface area contributed by atoms with Crippen molar-refractivity contribution in [3.05, 3.63) is 30.7 Å². The van der Waals surface area contributed by atoms with Gasteiger partial charge in [-0.25, -0.2) is 6.42 Å². The molecule has 0 bridgehead atoms. The summed E-state index contributed by atoms with van der Waals surface area (Å²) in [5, 5.41) is 0. The van der Waals surface area contributed by atoms with Gasteiger partial charge in [0.05, 0.1) is 0 Å². The summed E-state index contributed by atoms with van der Waals surface area (Å²) >= 11 is 0. The van der Waals surface area contributed by atoms with Gasteiger partial charge in [-0.1, -0.05) is 44.5 Å². The van der Waals surface area contributed by atoms with Crippen LogP contribution in [0.5, 0.6) is 0 Å². The SMILES string of the molecule is CC.[K+].c1cnc([CH-]C2CC2)cn1. The molecule has 2 rings (SSSR count). The van der Waals surface area contributed by atoms with Crippen molar-refractivity contribution >= 4 is 0 Å². The molecular weight excluding hydrogens is 187 g/mol. The van der Waals surface area contributed by atoms with Crippen LogP contribution < -0.4 is 51.4 Å². The predicted molar refractivity (Wildman–Crippen MR) is 49.5 cm³/mol. The Morgan fingerprint density at radius 2 is 2.00 bits per heavy atom. The van der Waals surface area contributed by atoms with Crippen molar-refractivity contribution in [2.45, 2.75) is 26.7 Å². The van der Waals surface area contributed by atoms with E-state index in [0.29, 0.717) is 0 Å². The zero-order chi connectivity index (χ0) is 8.81. The Morgan fingerprint density at radius 3 is 2.46 bits per heavy atom. The molecule has 1 aromatic rings. The van der Waals surface area contributed by atoms with E-state index in [0.717, 1.165) is 11.6 Å². The fourth-order valence-corrected chi connectivity index (χ4v) is 0.901. The Morgan fingerprint density at radius 1 is 1.31 bits per heavy atom. The molecule has 0 saturated heterocycles. The van der Waals surface area contributed by atoms with Crippen molar-refractivity contribution in [2.24, 2.45) is 5.92 Å². The van der Waals surface area contributed by atoms with Gasteiger partial charge < -0.3 is 4.98 Å². The topological polar surface area (TPSA) is 25.8 Å². The molecule has 0 unspecified atom stereocenters. The molecule has 1 heterocycles. The van der Waals surface area contributed by atoms with E-state index < -0.39 is 0 Å². The molecule has 0 spiro atoms. The fourth-order valence-electron chi connectivity index (χ4n) is 0.901. The third kappa shape index (κ3) is 5.81. The molecule has 13 heavy (non-hydrogen) atoms. The van der Waals surface area contributed by atoms with Crippen LogP contribution in [0.1, 0.15) is 32.4 Å². The maximum atomic E-state index is 4.14. The second kappa shape index (κ2) is 7.94. The van der Waals surface area contributed by atoms with Crippen LogP contribution in [0.15, 0.2) is 18.6 Å². The normalized spacial score (nSPS) is 13.4. The van der Waals surface area contributed by atoms with E-state index in [1.165, 1.54) is 12.8 Å². The molecule has 0 aliphatic heterocycles. The first kappa shape index (κ1) is 13.6. The van der Waals surface area contributed by atoms with E-state index >= 15 is 0 Å².